The van der Waals surface area contributed by atoms with Gasteiger partial charge >= 0.3 is 5.69 Å². The molecule has 0 saturated heterocycles. The van der Waals surface area contributed by atoms with Crippen molar-refractivity contribution in [1.82, 2.24) is 9.55 Å². The number of nitrogens with one attached hydrogen (secondary N) is 1. The first-order chi connectivity index (χ1) is 13.6. The molecule has 9 heteroatoms. The number of aromatic nitrogens is 2. The largest absolute Gasteiger partial charge is 0.493 e. The minimum Gasteiger partial charge on any atom is -0.493 e. The number of amides is 1. The molecule has 1 heterocycles. The van der Waals surface area contributed by atoms with Gasteiger partial charge in [0.25, 0.3) is 0 Å². The second-order valence-corrected chi connectivity index (χ2v) is 7.22. The quantitative estimate of drug-likeness (QED) is 0.506. The lowest BCUT2D eigenvalue weighted by Gasteiger charge is -2.13. The van der Waals surface area contributed by atoms with E-state index < -0.39 is 0 Å². The molecule has 3 rings (SSSR count). The van der Waals surface area contributed by atoms with Gasteiger partial charge in [-0.25, -0.2) is 4.79 Å². The monoisotopic (exact) mass is 405 g/mol. The number of hydrogen-bond acceptors (Lipinski definition) is 7. The summed E-state index contributed by atoms with van der Waals surface area (Å²) in [5.41, 5.74) is 2.16. The Balaban J connectivity index is 1.69. The molecule has 0 atom stereocenters. The lowest BCUT2D eigenvalue weighted by Crippen LogP contribution is -2.28. The SMILES string of the molecule is COc1ccc(NC(=O)CSc2nc(=O)n(CCO)c3c2CCC3)cc1OC. The Labute approximate surface area is 166 Å². The summed E-state index contributed by atoms with van der Waals surface area (Å²) in [4.78, 5) is 28.7. The Hall–Kier alpha value is -2.52. The number of fused-ring (bicyclic) bond motifs is 1. The van der Waals surface area contributed by atoms with Crippen LogP contribution in [0.4, 0.5) is 5.69 Å². The third-order valence-electron chi connectivity index (χ3n) is 4.53. The molecule has 1 aromatic heterocycles. The van der Waals surface area contributed by atoms with Gasteiger partial charge in [0.15, 0.2) is 11.5 Å². The van der Waals surface area contributed by atoms with Gasteiger partial charge in [-0.3, -0.25) is 9.36 Å². The van der Waals surface area contributed by atoms with Crippen LogP contribution < -0.4 is 20.5 Å². The molecule has 0 spiro atoms. The summed E-state index contributed by atoms with van der Waals surface area (Å²) in [5.74, 6) is 1.04. The third kappa shape index (κ3) is 4.31. The van der Waals surface area contributed by atoms with E-state index >= 15 is 0 Å². The van der Waals surface area contributed by atoms with Crippen molar-refractivity contribution in [3.63, 3.8) is 0 Å². The maximum Gasteiger partial charge on any atom is 0.348 e. The van der Waals surface area contributed by atoms with Crippen LogP contribution in [-0.2, 0) is 24.2 Å². The molecule has 1 aliphatic rings. The van der Waals surface area contributed by atoms with Crippen molar-refractivity contribution < 1.29 is 19.4 Å². The van der Waals surface area contributed by atoms with Gasteiger partial charge < -0.3 is 19.9 Å². The fourth-order valence-corrected chi connectivity index (χ4v) is 4.16. The van der Waals surface area contributed by atoms with Gasteiger partial charge in [0.1, 0.15) is 5.03 Å². The molecular formula is C19H23N3O5S. The minimum absolute atomic E-state index is 0.103. The standard InChI is InChI=1S/C19H23N3O5S/c1-26-15-7-6-12(10-16(15)27-2)20-17(24)11-28-18-13-4-3-5-14(13)22(8-9-23)19(25)21-18/h6-7,10,23H,3-5,8-9,11H2,1-2H3,(H,20,24). The van der Waals surface area contributed by atoms with Crippen LogP contribution in [0.2, 0.25) is 0 Å². The number of carbonyl (C=O) groups excluding carboxylic acids is 1. The fraction of sp³-hybridized carbons (Fsp3) is 0.421. The first-order valence-corrected chi connectivity index (χ1v) is 9.94. The van der Waals surface area contributed by atoms with E-state index in [0.29, 0.717) is 22.2 Å². The lowest BCUT2D eigenvalue weighted by atomic mass is 10.2. The third-order valence-corrected chi connectivity index (χ3v) is 5.55. The number of aliphatic hydroxyl groups is 1. The Morgan fingerprint density at radius 1 is 1.29 bits per heavy atom. The molecule has 0 bridgehead atoms. The number of benzene rings is 1. The highest BCUT2D eigenvalue weighted by molar-refractivity contribution is 8.00. The van der Waals surface area contributed by atoms with Gasteiger partial charge in [-0.15, -0.1) is 0 Å². The molecule has 8 nitrogen and oxygen atoms in total. The summed E-state index contributed by atoms with van der Waals surface area (Å²) in [5, 5.41) is 12.6. The topological polar surface area (TPSA) is 103 Å². The molecule has 28 heavy (non-hydrogen) atoms. The maximum absolute atomic E-state index is 12.3. The minimum atomic E-state index is -0.377. The Morgan fingerprint density at radius 3 is 2.79 bits per heavy atom. The highest BCUT2D eigenvalue weighted by atomic mass is 32.2. The van der Waals surface area contributed by atoms with Gasteiger partial charge in [-0.05, 0) is 31.4 Å². The van der Waals surface area contributed by atoms with Crippen molar-refractivity contribution in [2.45, 2.75) is 30.8 Å². The normalized spacial score (nSPS) is 12.5. The molecule has 1 aromatic carbocycles. The second kappa shape index (κ2) is 9.11. The van der Waals surface area contributed by atoms with Crippen molar-refractivity contribution in [2.75, 3.05) is 31.9 Å². The van der Waals surface area contributed by atoms with Crippen LogP contribution in [0.3, 0.4) is 0 Å². The number of anilines is 1. The van der Waals surface area contributed by atoms with E-state index in [2.05, 4.69) is 10.3 Å². The van der Waals surface area contributed by atoms with E-state index in [0.717, 1.165) is 30.5 Å². The molecule has 0 saturated carbocycles. The number of methoxy groups -OCH3 is 2. The maximum atomic E-state index is 12.3. The van der Waals surface area contributed by atoms with Crippen LogP contribution in [0.1, 0.15) is 17.7 Å². The molecule has 0 unspecified atom stereocenters. The molecule has 1 amide bonds. The van der Waals surface area contributed by atoms with Gasteiger partial charge in [-0.2, -0.15) is 4.98 Å². The molecule has 0 aliphatic heterocycles. The number of nitrogens with zero attached hydrogens (tertiary/aromatic N) is 2. The fourth-order valence-electron chi connectivity index (χ4n) is 3.28. The number of aliphatic hydroxyl groups excluding tert-OH is 1. The molecule has 2 aromatic rings. The molecule has 1 aliphatic carbocycles. The van der Waals surface area contributed by atoms with Crippen LogP contribution in [-0.4, -0.2) is 47.1 Å². The van der Waals surface area contributed by atoms with Gasteiger partial charge in [0.05, 0.1) is 33.1 Å². The second-order valence-electron chi connectivity index (χ2n) is 6.26. The van der Waals surface area contributed by atoms with Crippen LogP contribution >= 0.6 is 11.8 Å². The van der Waals surface area contributed by atoms with Crippen LogP contribution in [0.15, 0.2) is 28.0 Å². The highest BCUT2D eigenvalue weighted by Gasteiger charge is 2.22. The predicted molar refractivity (Wildman–Crippen MR) is 107 cm³/mol. The molecule has 2 N–H and O–H groups in total. The van der Waals surface area contributed by atoms with Crippen molar-refractivity contribution in [2.24, 2.45) is 0 Å². The van der Waals surface area contributed by atoms with Crippen LogP contribution in [0.5, 0.6) is 11.5 Å². The van der Waals surface area contributed by atoms with E-state index in [1.807, 2.05) is 0 Å². The van der Waals surface area contributed by atoms with Crippen LogP contribution in [0, 0.1) is 0 Å². The van der Waals surface area contributed by atoms with Gasteiger partial charge in [0, 0.05) is 23.0 Å². The van der Waals surface area contributed by atoms with Crippen LogP contribution in [0.25, 0.3) is 0 Å². The van der Waals surface area contributed by atoms with Gasteiger partial charge in [0.2, 0.25) is 5.91 Å². The zero-order valence-corrected chi connectivity index (χ0v) is 16.7. The van der Waals surface area contributed by atoms with Crippen molar-refractivity contribution in [3.05, 3.63) is 39.9 Å². The lowest BCUT2D eigenvalue weighted by molar-refractivity contribution is -0.113. The summed E-state index contributed by atoms with van der Waals surface area (Å²) in [7, 11) is 3.08. The number of carbonyl (C=O) groups is 1. The van der Waals surface area contributed by atoms with E-state index in [1.54, 1.807) is 25.3 Å². The molecular weight excluding hydrogens is 382 g/mol. The first kappa shape index (κ1) is 20.2. The van der Waals surface area contributed by atoms with E-state index in [4.69, 9.17) is 14.6 Å². The summed E-state index contributed by atoms with van der Waals surface area (Å²) in [6.45, 7) is 0.146. The summed E-state index contributed by atoms with van der Waals surface area (Å²) in [6, 6.07) is 5.14. The Morgan fingerprint density at radius 2 is 2.07 bits per heavy atom. The summed E-state index contributed by atoms with van der Waals surface area (Å²) >= 11 is 1.26. The Bertz CT molecular complexity index is 929. The van der Waals surface area contributed by atoms with E-state index in [1.165, 1.54) is 23.4 Å². The first-order valence-electron chi connectivity index (χ1n) is 8.95. The number of hydrogen-bond donors (Lipinski definition) is 2. The van der Waals surface area contributed by atoms with Crippen molar-refractivity contribution in [3.8, 4) is 11.5 Å². The molecule has 0 radical (unpaired) electrons. The smallest absolute Gasteiger partial charge is 0.348 e. The summed E-state index contributed by atoms with van der Waals surface area (Å²) in [6.07, 6.45) is 2.56. The zero-order valence-electron chi connectivity index (χ0n) is 15.9. The van der Waals surface area contributed by atoms with E-state index in [-0.39, 0.29) is 30.5 Å². The number of thioether (sulfide) groups is 1. The number of ether oxygens (including phenoxy) is 2. The van der Waals surface area contributed by atoms with E-state index in [9.17, 15) is 9.59 Å². The van der Waals surface area contributed by atoms with Crippen molar-refractivity contribution >= 4 is 23.4 Å². The molecule has 0 fully saturated rings. The summed E-state index contributed by atoms with van der Waals surface area (Å²) < 4.78 is 12.0. The highest BCUT2D eigenvalue weighted by Crippen LogP contribution is 2.31. The zero-order chi connectivity index (χ0) is 20.1. The Kier molecular flexibility index (Phi) is 6.58. The average molecular weight is 405 g/mol. The average Bonchev–Trinajstić information content (AvgIpc) is 3.18. The van der Waals surface area contributed by atoms with Crippen molar-refractivity contribution in [1.29, 1.82) is 0 Å². The number of rotatable bonds is 8. The van der Waals surface area contributed by atoms with Gasteiger partial charge in [-0.1, -0.05) is 11.8 Å². The molecule has 150 valence electrons. The predicted octanol–water partition coefficient (Wildman–Crippen LogP) is 1.47.